The summed E-state index contributed by atoms with van der Waals surface area (Å²) in [6.45, 7) is 0. The lowest BCUT2D eigenvalue weighted by atomic mass is 9.86. The van der Waals surface area contributed by atoms with E-state index < -0.39 is 30.0 Å². The molecule has 1 rings (SSSR count). The highest BCUT2D eigenvalue weighted by Gasteiger charge is 2.61. The number of rotatable bonds is 2. The first-order valence-corrected chi connectivity index (χ1v) is 5.81. The van der Waals surface area contributed by atoms with Crippen molar-refractivity contribution < 1.29 is 31.1 Å². The number of hydrogen-bond donors (Lipinski definition) is 0. The van der Waals surface area contributed by atoms with Crippen LogP contribution in [0.15, 0.2) is 0 Å². The molecule has 0 heterocycles. The summed E-state index contributed by atoms with van der Waals surface area (Å²) in [4.78, 5) is 11.5. The Balaban J connectivity index is 2.88. The van der Waals surface area contributed by atoms with Crippen molar-refractivity contribution in [1.29, 1.82) is 0 Å². The minimum atomic E-state index is -5.55. The average Bonchev–Trinajstić information content (AvgIpc) is 2.40. The van der Waals surface area contributed by atoms with Crippen molar-refractivity contribution in [3.8, 4) is 0 Å². The highest BCUT2D eigenvalue weighted by atomic mass is 19.4. The van der Waals surface area contributed by atoms with Crippen LogP contribution in [0.3, 0.4) is 0 Å². The molecule has 0 unspecified atom stereocenters. The van der Waals surface area contributed by atoms with Crippen molar-refractivity contribution >= 4 is 5.78 Å². The molecule has 0 N–H and O–H groups in total. The van der Waals surface area contributed by atoms with E-state index >= 15 is 0 Å². The molecule has 0 radical (unpaired) electrons. The molecule has 1 saturated carbocycles. The summed E-state index contributed by atoms with van der Waals surface area (Å²) >= 11 is 0. The number of carbonyl (C=O) groups is 1. The number of ketones is 1. The second-order valence-electron chi connectivity index (χ2n) is 4.61. The van der Waals surface area contributed by atoms with Gasteiger partial charge in [0, 0.05) is 5.92 Å². The van der Waals surface area contributed by atoms with Gasteiger partial charge in [0.15, 0.2) is 5.78 Å². The van der Waals surface area contributed by atoms with E-state index in [0.29, 0.717) is 12.8 Å². The Morgan fingerprint density at radius 3 is 1.56 bits per heavy atom. The summed E-state index contributed by atoms with van der Waals surface area (Å²) in [5, 5.41) is 0. The molecule has 0 spiro atoms. The number of alkyl halides is 6. The topological polar surface area (TPSA) is 17.1 Å². The molecule has 0 bridgehead atoms. The van der Waals surface area contributed by atoms with E-state index in [2.05, 4.69) is 0 Å². The van der Waals surface area contributed by atoms with Crippen molar-refractivity contribution in [2.45, 2.75) is 50.9 Å². The zero-order valence-electron chi connectivity index (χ0n) is 9.57. The first kappa shape index (κ1) is 15.3. The Labute approximate surface area is 101 Å². The van der Waals surface area contributed by atoms with Gasteiger partial charge >= 0.3 is 12.4 Å². The molecular formula is C11H14F6O. The van der Waals surface area contributed by atoms with Crippen LogP contribution in [0.2, 0.25) is 0 Å². The predicted molar refractivity (Wildman–Crippen MR) is 51.8 cm³/mol. The van der Waals surface area contributed by atoms with Crippen LogP contribution < -0.4 is 0 Å². The zero-order chi connectivity index (χ0) is 14.0. The van der Waals surface area contributed by atoms with Gasteiger partial charge in [0.2, 0.25) is 5.92 Å². The van der Waals surface area contributed by atoms with Crippen LogP contribution in [0.4, 0.5) is 26.3 Å². The Morgan fingerprint density at radius 2 is 1.22 bits per heavy atom. The van der Waals surface area contributed by atoms with Gasteiger partial charge in [-0.1, -0.05) is 25.7 Å². The molecule has 0 aliphatic heterocycles. The van der Waals surface area contributed by atoms with Crippen LogP contribution in [-0.2, 0) is 4.79 Å². The maximum Gasteiger partial charge on any atom is 0.407 e. The molecule has 106 valence electrons. The summed E-state index contributed by atoms with van der Waals surface area (Å²) in [7, 11) is 0. The number of hydrogen-bond acceptors (Lipinski definition) is 1. The van der Waals surface area contributed by atoms with Crippen LogP contribution in [0.5, 0.6) is 0 Å². The summed E-state index contributed by atoms with van der Waals surface area (Å²) in [6.07, 6.45) is -8.32. The standard InChI is InChI=1S/C11H14F6O/c12-10(13,14)9(11(15,16)17)8(18)7-5-3-1-2-4-6-7/h7,9H,1-6H2. The Bertz CT molecular complexity index is 271. The van der Waals surface area contributed by atoms with Gasteiger partial charge in [-0.3, -0.25) is 4.79 Å². The van der Waals surface area contributed by atoms with Crippen LogP contribution in [0.1, 0.15) is 38.5 Å². The smallest absolute Gasteiger partial charge is 0.298 e. The first-order chi connectivity index (χ1) is 8.14. The van der Waals surface area contributed by atoms with Crippen molar-refractivity contribution in [2.24, 2.45) is 11.8 Å². The van der Waals surface area contributed by atoms with Crippen molar-refractivity contribution in [3.05, 3.63) is 0 Å². The van der Waals surface area contributed by atoms with Crippen molar-refractivity contribution in [1.82, 2.24) is 0 Å². The fourth-order valence-electron chi connectivity index (χ4n) is 2.31. The van der Waals surface area contributed by atoms with Crippen molar-refractivity contribution in [2.75, 3.05) is 0 Å². The van der Waals surface area contributed by atoms with Gasteiger partial charge in [-0.15, -0.1) is 0 Å². The molecule has 1 aliphatic rings. The average molecular weight is 276 g/mol. The van der Waals surface area contributed by atoms with Crippen LogP contribution >= 0.6 is 0 Å². The molecule has 1 nitrogen and oxygen atoms in total. The van der Waals surface area contributed by atoms with E-state index in [-0.39, 0.29) is 12.8 Å². The van der Waals surface area contributed by atoms with Gasteiger partial charge in [0.25, 0.3) is 0 Å². The van der Waals surface area contributed by atoms with E-state index in [1.54, 1.807) is 0 Å². The quantitative estimate of drug-likeness (QED) is 0.544. The fraction of sp³-hybridized carbons (Fsp3) is 0.909. The third kappa shape index (κ3) is 3.88. The summed E-state index contributed by atoms with van der Waals surface area (Å²) < 4.78 is 74.3. The van der Waals surface area contributed by atoms with Gasteiger partial charge in [0.05, 0.1) is 0 Å². The zero-order valence-corrected chi connectivity index (χ0v) is 9.57. The Kier molecular flexibility index (Phi) is 4.66. The molecule has 0 aromatic carbocycles. The SMILES string of the molecule is O=C(C1CCCCCC1)C(C(F)(F)F)C(F)(F)F. The minimum Gasteiger partial charge on any atom is -0.298 e. The molecule has 0 amide bonds. The Morgan fingerprint density at radius 1 is 0.833 bits per heavy atom. The van der Waals surface area contributed by atoms with Gasteiger partial charge < -0.3 is 0 Å². The van der Waals surface area contributed by atoms with E-state index in [1.807, 2.05) is 0 Å². The highest BCUT2D eigenvalue weighted by molar-refractivity contribution is 5.84. The molecule has 1 aliphatic carbocycles. The maximum atomic E-state index is 12.4. The third-order valence-corrected chi connectivity index (χ3v) is 3.20. The van der Waals surface area contributed by atoms with Gasteiger partial charge in [-0.25, -0.2) is 0 Å². The molecule has 0 saturated heterocycles. The molecule has 0 aromatic rings. The highest BCUT2D eigenvalue weighted by Crippen LogP contribution is 2.42. The van der Waals surface area contributed by atoms with Gasteiger partial charge in [-0.05, 0) is 12.8 Å². The normalized spacial score (nSPS) is 19.9. The minimum absolute atomic E-state index is 0.126. The molecule has 7 heteroatoms. The molecule has 1 fully saturated rings. The van der Waals surface area contributed by atoms with Crippen molar-refractivity contribution in [3.63, 3.8) is 0 Å². The molecular weight excluding hydrogens is 262 g/mol. The van der Waals surface area contributed by atoms with E-state index in [1.165, 1.54) is 0 Å². The predicted octanol–water partition coefficient (Wildman–Crippen LogP) is 4.27. The van der Waals surface area contributed by atoms with E-state index in [4.69, 9.17) is 0 Å². The number of carbonyl (C=O) groups excluding carboxylic acids is 1. The molecule has 0 atom stereocenters. The van der Waals surface area contributed by atoms with E-state index in [9.17, 15) is 31.1 Å². The monoisotopic (exact) mass is 276 g/mol. The number of halogens is 6. The maximum absolute atomic E-state index is 12.4. The van der Waals surface area contributed by atoms with Crippen LogP contribution in [0.25, 0.3) is 0 Å². The van der Waals surface area contributed by atoms with E-state index in [0.717, 1.165) is 12.8 Å². The third-order valence-electron chi connectivity index (χ3n) is 3.20. The summed E-state index contributed by atoms with van der Waals surface area (Å²) in [6, 6.07) is 0. The summed E-state index contributed by atoms with van der Waals surface area (Å²) in [5.74, 6) is -6.65. The number of Topliss-reactive ketones (excluding diaryl/α,β-unsaturated/α-hetero) is 1. The molecule has 0 aromatic heterocycles. The Hall–Kier alpha value is -0.750. The fourth-order valence-corrected chi connectivity index (χ4v) is 2.31. The van der Waals surface area contributed by atoms with Gasteiger partial charge in [-0.2, -0.15) is 26.3 Å². The second-order valence-corrected chi connectivity index (χ2v) is 4.61. The summed E-state index contributed by atoms with van der Waals surface area (Å²) in [5.41, 5.74) is 0. The van der Waals surface area contributed by atoms with Crippen LogP contribution in [-0.4, -0.2) is 18.1 Å². The second kappa shape index (κ2) is 5.48. The lowest BCUT2D eigenvalue weighted by Crippen LogP contribution is -2.45. The lowest BCUT2D eigenvalue weighted by molar-refractivity contribution is -0.274. The van der Waals surface area contributed by atoms with Gasteiger partial charge in [0.1, 0.15) is 0 Å². The molecule has 18 heavy (non-hydrogen) atoms. The largest absolute Gasteiger partial charge is 0.407 e. The van der Waals surface area contributed by atoms with Crippen LogP contribution in [0, 0.1) is 11.8 Å². The lowest BCUT2D eigenvalue weighted by Gasteiger charge is -2.25. The first-order valence-electron chi connectivity index (χ1n) is 5.81.